The number of Topliss-reactive ketones (excluding diaryl/α,β-unsaturated/α-hetero) is 2. The molecule has 0 amide bonds. The lowest BCUT2D eigenvalue weighted by Gasteiger charge is -2.45. The fraction of sp³-hybridized carbons (Fsp3) is 0.312. The summed E-state index contributed by atoms with van der Waals surface area (Å²) < 4.78 is 27.7. The summed E-state index contributed by atoms with van der Waals surface area (Å²) in [4.78, 5) is 33.8. The summed E-state index contributed by atoms with van der Waals surface area (Å²) in [5, 5.41) is 12.9. The van der Waals surface area contributed by atoms with Gasteiger partial charge in [0.05, 0.1) is 5.41 Å². The first-order valence-electron chi connectivity index (χ1n) is 13.5. The summed E-state index contributed by atoms with van der Waals surface area (Å²) in [7, 11) is 0. The lowest BCUT2D eigenvalue weighted by atomic mass is 9.57. The first-order chi connectivity index (χ1) is 18.8. The number of rotatable bonds is 2. The minimum atomic E-state index is -1.70. The second-order valence-corrected chi connectivity index (χ2v) is 11.6. The molecule has 0 aromatic heterocycles. The summed E-state index contributed by atoms with van der Waals surface area (Å²) in [6.45, 7) is 0.967. The van der Waals surface area contributed by atoms with Crippen molar-refractivity contribution in [2.75, 3.05) is 19.6 Å². The topological polar surface area (TPSA) is 60.9 Å². The van der Waals surface area contributed by atoms with Gasteiger partial charge in [0.15, 0.2) is 17.3 Å². The highest BCUT2D eigenvalue weighted by atomic mass is 19.1. The smallest absolute Gasteiger partial charge is 0.189 e. The summed E-state index contributed by atoms with van der Waals surface area (Å²) >= 11 is 0. The molecule has 4 aliphatic heterocycles. The van der Waals surface area contributed by atoms with Gasteiger partial charge in [-0.25, -0.2) is 8.78 Å². The van der Waals surface area contributed by atoms with Crippen molar-refractivity contribution in [3.63, 3.8) is 0 Å². The monoisotopic (exact) mass is 524 g/mol. The van der Waals surface area contributed by atoms with Crippen LogP contribution in [0.3, 0.4) is 0 Å². The number of aliphatic hydroxyl groups is 1. The average Bonchev–Trinajstić information content (AvgIpc) is 3.60. The molecule has 5 unspecified atom stereocenters. The zero-order valence-corrected chi connectivity index (χ0v) is 21.1. The Labute approximate surface area is 224 Å². The molecule has 1 aliphatic carbocycles. The van der Waals surface area contributed by atoms with E-state index in [0.29, 0.717) is 28.8 Å². The molecule has 4 saturated heterocycles. The number of benzene rings is 3. The van der Waals surface area contributed by atoms with E-state index in [1.54, 1.807) is 48.5 Å². The Kier molecular flexibility index (Phi) is 4.53. The van der Waals surface area contributed by atoms with Crippen molar-refractivity contribution < 1.29 is 23.5 Å². The van der Waals surface area contributed by atoms with E-state index in [1.807, 2.05) is 11.0 Å². The van der Waals surface area contributed by atoms with E-state index < -0.39 is 22.6 Å². The minimum Gasteiger partial charge on any atom is -0.369 e. The Bertz CT molecular complexity index is 1600. The van der Waals surface area contributed by atoms with E-state index in [2.05, 4.69) is 4.90 Å². The molecular weight excluding hydrogens is 498 g/mol. The second kappa shape index (κ2) is 7.56. The maximum atomic E-state index is 15.0. The van der Waals surface area contributed by atoms with Crippen molar-refractivity contribution >= 4 is 17.6 Å². The number of nitrogens with zero attached hydrogens (tertiary/aromatic N) is 2. The fourth-order valence-corrected chi connectivity index (χ4v) is 8.93. The van der Waals surface area contributed by atoms with Crippen molar-refractivity contribution in [2.45, 2.75) is 36.1 Å². The lowest BCUT2D eigenvalue weighted by molar-refractivity contribution is -0.149. The van der Waals surface area contributed by atoms with Crippen molar-refractivity contribution in [1.82, 2.24) is 9.80 Å². The van der Waals surface area contributed by atoms with Crippen LogP contribution in [0.2, 0.25) is 0 Å². The van der Waals surface area contributed by atoms with Gasteiger partial charge < -0.3 is 5.11 Å². The molecule has 39 heavy (non-hydrogen) atoms. The van der Waals surface area contributed by atoms with Crippen LogP contribution >= 0.6 is 0 Å². The van der Waals surface area contributed by atoms with Crippen LogP contribution in [0.25, 0.3) is 6.08 Å². The SMILES string of the molecule is O=C1/C(=C/c2ccc(F)cc2)CN2CC13[C@@H](c1ccc(F)cc1)C1CCCN1C31C(=O)c3ccccc3C21O. The van der Waals surface area contributed by atoms with Gasteiger partial charge in [-0.1, -0.05) is 48.5 Å². The van der Waals surface area contributed by atoms with Crippen molar-refractivity contribution in [1.29, 1.82) is 0 Å². The zero-order valence-electron chi connectivity index (χ0n) is 21.1. The number of piperidine rings is 1. The quantitative estimate of drug-likeness (QED) is 0.508. The van der Waals surface area contributed by atoms with Crippen LogP contribution in [0.4, 0.5) is 8.78 Å². The summed E-state index contributed by atoms with van der Waals surface area (Å²) in [5.41, 5.74) is -1.54. The number of carbonyl (C=O) groups is 2. The van der Waals surface area contributed by atoms with Crippen LogP contribution in [0.5, 0.6) is 0 Å². The van der Waals surface area contributed by atoms with Gasteiger partial charge in [0, 0.05) is 41.7 Å². The lowest BCUT2D eigenvalue weighted by Crippen LogP contribution is -2.67. The van der Waals surface area contributed by atoms with Gasteiger partial charge in [-0.3, -0.25) is 19.4 Å². The zero-order chi connectivity index (χ0) is 26.7. The predicted molar refractivity (Wildman–Crippen MR) is 140 cm³/mol. The third kappa shape index (κ3) is 2.51. The third-order valence-electron chi connectivity index (χ3n) is 10.1. The minimum absolute atomic E-state index is 0.156. The van der Waals surface area contributed by atoms with Crippen molar-refractivity contribution in [3.05, 3.63) is 112 Å². The predicted octanol–water partition coefficient (Wildman–Crippen LogP) is 4.28. The number of halogens is 2. The van der Waals surface area contributed by atoms with E-state index in [1.165, 1.54) is 24.3 Å². The van der Waals surface area contributed by atoms with E-state index >= 15 is 0 Å². The van der Waals surface area contributed by atoms with Crippen molar-refractivity contribution in [2.24, 2.45) is 5.41 Å². The number of carbonyl (C=O) groups excluding carboxylic acids is 2. The molecule has 0 radical (unpaired) electrons. The number of hydrogen-bond acceptors (Lipinski definition) is 5. The maximum absolute atomic E-state index is 15.0. The average molecular weight is 525 g/mol. The number of fused-ring (bicyclic) bond motifs is 5. The van der Waals surface area contributed by atoms with Gasteiger partial charge in [0.2, 0.25) is 0 Å². The van der Waals surface area contributed by atoms with Gasteiger partial charge in [-0.05, 0) is 60.9 Å². The Morgan fingerprint density at radius 2 is 1.59 bits per heavy atom. The van der Waals surface area contributed by atoms with E-state index in [-0.39, 0.29) is 42.3 Å². The van der Waals surface area contributed by atoms with E-state index in [0.717, 1.165) is 18.4 Å². The Morgan fingerprint density at radius 1 is 0.897 bits per heavy atom. The van der Waals surface area contributed by atoms with E-state index in [4.69, 9.17) is 0 Å². The van der Waals surface area contributed by atoms with Crippen LogP contribution in [0.15, 0.2) is 78.4 Å². The molecule has 4 fully saturated rings. The highest BCUT2D eigenvalue weighted by Gasteiger charge is 2.89. The first-order valence-corrected chi connectivity index (χ1v) is 13.5. The van der Waals surface area contributed by atoms with Crippen LogP contribution in [-0.4, -0.2) is 57.7 Å². The molecule has 8 rings (SSSR count). The molecule has 6 atom stereocenters. The summed E-state index contributed by atoms with van der Waals surface area (Å²) in [6, 6.07) is 19.2. The molecule has 1 N–H and O–H groups in total. The molecule has 4 heterocycles. The van der Waals surface area contributed by atoms with Gasteiger partial charge in [0.25, 0.3) is 0 Å². The molecule has 2 bridgehead atoms. The molecule has 0 saturated carbocycles. The second-order valence-electron chi connectivity index (χ2n) is 11.6. The first kappa shape index (κ1) is 23.4. The molecule has 7 heteroatoms. The molecule has 3 aromatic carbocycles. The summed E-state index contributed by atoms with van der Waals surface area (Å²) in [5.74, 6) is -1.53. The maximum Gasteiger partial charge on any atom is 0.189 e. The van der Waals surface area contributed by atoms with Crippen LogP contribution < -0.4 is 0 Å². The van der Waals surface area contributed by atoms with E-state index in [9.17, 15) is 23.5 Å². The molecule has 3 aromatic rings. The largest absolute Gasteiger partial charge is 0.369 e. The Balaban J connectivity index is 1.44. The van der Waals surface area contributed by atoms with Gasteiger partial charge in [-0.2, -0.15) is 0 Å². The molecule has 5 aliphatic rings. The number of ketones is 2. The van der Waals surface area contributed by atoms with Crippen LogP contribution in [0.1, 0.15) is 45.8 Å². The highest BCUT2D eigenvalue weighted by molar-refractivity contribution is 6.19. The number of hydrogen-bond donors (Lipinski definition) is 1. The van der Waals surface area contributed by atoms with Gasteiger partial charge in [0.1, 0.15) is 17.2 Å². The molecule has 2 spiro atoms. The Hall–Kier alpha value is -3.52. The van der Waals surface area contributed by atoms with Crippen LogP contribution in [-0.2, 0) is 10.5 Å². The normalized spacial score (nSPS) is 37.2. The molecule has 196 valence electrons. The molecule has 5 nitrogen and oxygen atoms in total. The fourth-order valence-electron chi connectivity index (χ4n) is 8.93. The van der Waals surface area contributed by atoms with Gasteiger partial charge in [-0.15, -0.1) is 0 Å². The highest BCUT2D eigenvalue weighted by Crippen LogP contribution is 2.74. The van der Waals surface area contributed by atoms with Gasteiger partial charge >= 0.3 is 0 Å². The third-order valence-corrected chi connectivity index (χ3v) is 10.1. The van der Waals surface area contributed by atoms with Crippen LogP contribution in [0, 0.1) is 17.0 Å². The molecular formula is C32H26F2N2O3. The summed E-state index contributed by atoms with van der Waals surface area (Å²) in [6.07, 6.45) is 3.37. The standard InChI is InChI=1S/C32H26F2N2O3/c33-22-11-7-19(8-12-22)16-21-17-35-18-30(28(21)37)27(20-9-13-23(34)14-10-20)26-6-3-15-36(26)31(30)29(38)24-4-1-2-5-25(24)32(31,35)39/h1-2,4-5,7-14,16,26-27,39H,3,6,15,17-18H2/b21-16+/t26?,27-,30?,31?,32?/m0/s1. The Morgan fingerprint density at radius 3 is 2.33 bits per heavy atom. The van der Waals surface area contributed by atoms with Crippen molar-refractivity contribution in [3.8, 4) is 0 Å².